The Labute approximate surface area is 150 Å². The van der Waals surface area contributed by atoms with E-state index in [0.717, 1.165) is 25.7 Å². The number of benzene rings is 1. The van der Waals surface area contributed by atoms with Crippen LogP contribution < -0.4 is 10.6 Å². The summed E-state index contributed by atoms with van der Waals surface area (Å²) < 4.78 is 0. The van der Waals surface area contributed by atoms with Gasteiger partial charge in [-0.15, -0.1) is 0 Å². The Morgan fingerprint density at radius 2 is 1.76 bits per heavy atom. The number of hydrogen-bond acceptors (Lipinski definition) is 2. The van der Waals surface area contributed by atoms with Crippen LogP contribution in [0.15, 0.2) is 35.9 Å². The standard InChI is InChI=1S/C21H30N2O2/c1-14(2)18(12-15-6-4-3-5-7-15)19-13-20(19)22-16-8-10-17(11-9-16)23-21(24)25/h3-7,12,14,16-17,19-20,22-23H,8-11,13H2,1-2H3,(H,24,25)/b18-12+/t16?,17?,19-,20+/m0/s1. The molecule has 2 fully saturated rings. The molecule has 4 heteroatoms. The van der Waals surface area contributed by atoms with E-state index in [0.29, 0.717) is 23.9 Å². The van der Waals surface area contributed by atoms with Crippen molar-refractivity contribution in [1.29, 1.82) is 0 Å². The van der Waals surface area contributed by atoms with Crippen molar-refractivity contribution < 1.29 is 9.90 Å². The van der Waals surface area contributed by atoms with Gasteiger partial charge < -0.3 is 15.7 Å². The third-order valence-electron chi connectivity index (χ3n) is 5.52. The van der Waals surface area contributed by atoms with Gasteiger partial charge in [-0.2, -0.15) is 0 Å². The largest absolute Gasteiger partial charge is 0.465 e. The molecule has 0 bridgehead atoms. The Hall–Kier alpha value is -1.81. The van der Waals surface area contributed by atoms with Crippen molar-refractivity contribution in [2.45, 2.75) is 64.1 Å². The first-order valence-electron chi connectivity index (χ1n) is 9.55. The molecule has 0 saturated heterocycles. The SMILES string of the molecule is CC(C)/C(=C\c1ccccc1)[C@@H]1C[C@H]1NC1CCC(NC(=O)O)CC1. The Bertz CT molecular complexity index is 604. The smallest absolute Gasteiger partial charge is 0.404 e. The summed E-state index contributed by atoms with van der Waals surface area (Å²) in [6.45, 7) is 4.57. The van der Waals surface area contributed by atoms with E-state index in [2.05, 4.69) is 60.9 Å². The number of nitrogens with one attached hydrogen (secondary N) is 2. The van der Waals surface area contributed by atoms with E-state index in [4.69, 9.17) is 5.11 Å². The first kappa shape index (κ1) is 18.0. The van der Waals surface area contributed by atoms with Crippen LogP contribution in [0.3, 0.4) is 0 Å². The van der Waals surface area contributed by atoms with Gasteiger partial charge in [0.1, 0.15) is 0 Å². The summed E-state index contributed by atoms with van der Waals surface area (Å²) in [6, 6.07) is 11.8. The van der Waals surface area contributed by atoms with Crippen LogP contribution in [0.25, 0.3) is 6.08 Å². The maximum Gasteiger partial charge on any atom is 0.404 e. The lowest BCUT2D eigenvalue weighted by Crippen LogP contribution is -2.42. The quantitative estimate of drug-likeness (QED) is 0.723. The second-order valence-electron chi connectivity index (χ2n) is 7.82. The highest BCUT2D eigenvalue weighted by Gasteiger charge is 2.41. The van der Waals surface area contributed by atoms with Crippen LogP contribution in [-0.4, -0.2) is 29.3 Å². The summed E-state index contributed by atoms with van der Waals surface area (Å²) in [5, 5.41) is 15.3. The summed E-state index contributed by atoms with van der Waals surface area (Å²) in [6.07, 6.45) is 6.71. The van der Waals surface area contributed by atoms with Crippen LogP contribution in [0.2, 0.25) is 0 Å². The molecule has 3 rings (SSSR count). The van der Waals surface area contributed by atoms with Gasteiger partial charge in [0.15, 0.2) is 0 Å². The van der Waals surface area contributed by atoms with Crippen molar-refractivity contribution in [3.63, 3.8) is 0 Å². The van der Waals surface area contributed by atoms with Crippen molar-refractivity contribution in [2.75, 3.05) is 0 Å². The molecule has 136 valence electrons. The van der Waals surface area contributed by atoms with Gasteiger partial charge in [0.25, 0.3) is 0 Å². The van der Waals surface area contributed by atoms with Crippen LogP contribution in [0, 0.1) is 11.8 Å². The molecule has 4 nitrogen and oxygen atoms in total. The van der Waals surface area contributed by atoms with E-state index in [1.165, 1.54) is 12.0 Å². The van der Waals surface area contributed by atoms with Gasteiger partial charge in [0, 0.05) is 18.1 Å². The monoisotopic (exact) mass is 342 g/mol. The molecule has 0 radical (unpaired) electrons. The lowest BCUT2D eigenvalue weighted by atomic mass is 9.91. The minimum Gasteiger partial charge on any atom is -0.465 e. The summed E-state index contributed by atoms with van der Waals surface area (Å²) in [5.74, 6) is 1.21. The molecule has 2 atom stereocenters. The summed E-state index contributed by atoms with van der Waals surface area (Å²) >= 11 is 0. The van der Waals surface area contributed by atoms with Gasteiger partial charge in [-0.3, -0.25) is 0 Å². The number of rotatable bonds is 6. The Morgan fingerprint density at radius 1 is 1.12 bits per heavy atom. The van der Waals surface area contributed by atoms with E-state index in [9.17, 15) is 4.79 Å². The first-order chi connectivity index (χ1) is 12.0. The van der Waals surface area contributed by atoms with E-state index in [1.54, 1.807) is 5.57 Å². The minimum atomic E-state index is -0.897. The molecule has 2 aliphatic rings. The number of hydrogen-bond donors (Lipinski definition) is 3. The van der Waals surface area contributed by atoms with E-state index >= 15 is 0 Å². The Kier molecular flexibility index (Phi) is 5.79. The number of carboxylic acid groups (broad SMARTS) is 1. The van der Waals surface area contributed by atoms with Gasteiger partial charge in [0.05, 0.1) is 0 Å². The van der Waals surface area contributed by atoms with Crippen molar-refractivity contribution in [2.24, 2.45) is 11.8 Å². The fraction of sp³-hybridized carbons (Fsp3) is 0.571. The van der Waals surface area contributed by atoms with Crippen molar-refractivity contribution in [1.82, 2.24) is 10.6 Å². The first-order valence-corrected chi connectivity index (χ1v) is 9.55. The van der Waals surface area contributed by atoms with Gasteiger partial charge in [-0.05, 0) is 49.5 Å². The molecular formula is C21H30N2O2. The van der Waals surface area contributed by atoms with E-state index < -0.39 is 6.09 Å². The summed E-state index contributed by atoms with van der Waals surface area (Å²) in [5.41, 5.74) is 2.84. The minimum absolute atomic E-state index is 0.134. The number of amides is 1. The molecule has 3 N–H and O–H groups in total. The van der Waals surface area contributed by atoms with Crippen LogP contribution in [0.4, 0.5) is 4.79 Å². The predicted molar refractivity (Wildman–Crippen MR) is 101 cm³/mol. The molecule has 1 aromatic carbocycles. The van der Waals surface area contributed by atoms with Crippen LogP contribution in [-0.2, 0) is 0 Å². The molecule has 2 saturated carbocycles. The third kappa shape index (κ3) is 5.08. The second kappa shape index (κ2) is 8.05. The fourth-order valence-corrected chi connectivity index (χ4v) is 4.07. The van der Waals surface area contributed by atoms with Crippen LogP contribution >= 0.6 is 0 Å². The maximum atomic E-state index is 10.7. The van der Waals surface area contributed by atoms with E-state index in [-0.39, 0.29) is 6.04 Å². The number of carbonyl (C=O) groups is 1. The van der Waals surface area contributed by atoms with Crippen molar-refractivity contribution >= 4 is 12.2 Å². The lowest BCUT2D eigenvalue weighted by Gasteiger charge is -2.29. The van der Waals surface area contributed by atoms with Crippen LogP contribution in [0.5, 0.6) is 0 Å². The highest BCUT2D eigenvalue weighted by Crippen LogP contribution is 2.42. The normalized spacial score (nSPS) is 29.5. The lowest BCUT2D eigenvalue weighted by molar-refractivity contribution is 0.183. The van der Waals surface area contributed by atoms with E-state index in [1.807, 2.05) is 0 Å². The molecule has 25 heavy (non-hydrogen) atoms. The zero-order valence-electron chi connectivity index (χ0n) is 15.2. The molecule has 1 amide bonds. The van der Waals surface area contributed by atoms with Gasteiger partial charge in [-0.25, -0.2) is 4.79 Å². The molecule has 0 unspecified atom stereocenters. The average molecular weight is 342 g/mol. The zero-order valence-corrected chi connectivity index (χ0v) is 15.2. The fourth-order valence-electron chi connectivity index (χ4n) is 4.07. The molecule has 0 spiro atoms. The van der Waals surface area contributed by atoms with Gasteiger partial charge in [-0.1, -0.05) is 55.8 Å². The highest BCUT2D eigenvalue weighted by molar-refractivity contribution is 5.64. The summed E-state index contributed by atoms with van der Waals surface area (Å²) in [7, 11) is 0. The molecule has 0 aromatic heterocycles. The second-order valence-corrected chi connectivity index (χ2v) is 7.82. The molecule has 0 heterocycles. The van der Waals surface area contributed by atoms with Gasteiger partial charge >= 0.3 is 6.09 Å². The molecule has 0 aliphatic heterocycles. The molecular weight excluding hydrogens is 312 g/mol. The molecule has 2 aliphatic carbocycles. The third-order valence-corrected chi connectivity index (χ3v) is 5.52. The topological polar surface area (TPSA) is 61.4 Å². The maximum absolute atomic E-state index is 10.7. The van der Waals surface area contributed by atoms with Crippen molar-refractivity contribution in [3.05, 3.63) is 41.5 Å². The molecule has 1 aromatic rings. The van der Waals surface area contributed by atoms with Crippen molar-refractivity contribution in [3.8, 4) is 0 Å². The van der Waals surface area contributed by atoms with Gasteiger partial charge in [0.2, 0.25) is 0 Å². The average Bonchev–Trinajstić information content (AvgIpc) is 3.33. The van der Waals surface area contributed by atoms with Crippen LogP contribution in [0.1, 0.15) is 51.5 Å². The zero-order chi connectivity index (χ0) is 17.8. The highest BCUT2D eigenvalue weighted by atomic mass is 16.4. The Balaban J connectivity index is 1.52. The predicted octanol–water partition coefficient (Wildman–Crippen LogP) is 4.28. The summed E-state index contributed by atoms with van der Waals surface area (Å²) in [4.78, 5) is 10.7. The Morgan fingerprint density at radius 3 is 2.36 bits per heavy atom.